The molecule has 0 radical (unpaired) electrons. The molecule has 2 aromatic rings. The Kier molecular flexibility index (Phi) is 2.41. The lowest BCUT2D eigenvalue weighted by Gasteiger charge is -2.28. The summed E-state index contributed by atoms with van der Waals surface area (Å²) in [6, 6.07) is 6.33. The van der Waals surface area contributed by atoms with Gasteiger partial charge in [0.25, 0.3) is 0 Å². The van der Waals surface area contributed by atoms with Gasteiger partial charge in [-0.05, 0) is 18.2 Å². The number of anilines is 2. The van der Waals surface area contributed by atoms with E-state index in [1.807, 2.05) is 0 Å². The first kappa shape index (κ1) is 9.86. The minimum absolute atomic E-state index is 0.633. The van der Waals surface area contributed by atoms with Gasteiger partial charge < -0.3 is 15.4 Å². The molecule has 1 saturated heterocycles. The zero-order valence-electron chi connectivity index (χ0n) is 8.85. The van der Waals surface area contributed by atoms with Gasteiger partial charge in [0, 0.05) is 18.8 Å². The van der Waals surface area contributed by atoms with E-state index < -0.39 is 0 Å². The number of aromatic nitrogens is 1. The van der Waals surface area contributed by atoms with E-state index in [0.29, 0.717) is 5.13 Å². The third-order valence-electron chi connectivity index (χ3n) is 2.76. The van der Waals surface area contributed by atoms with Crippen molar-refractivity contribution in [1.82, 2.24) is 4.98 Å². The van der Waals surface area contributed by atoms with Gasteiger partial charge >= 0.3 is 0 Å². The van der Waals surface area contributed by atoms with Crippen molar-refractivity contribution in [1.29, 1.82) is 0 Å². The van der Waals surface area contributed by atoms with E-state index in [4.69, 9.17) is 10.5 Å². The van der Waals surface area contributed by atoms with Crippen LogP contribution in [0.25, 0.3) is 10.2 Å². The van der Waals surface area contributed by atoms with Crippen LogP contribution in [0, 0.1) is 0 Å². The normalized spacial score (nSPS) is 16.9. The monoisotopic (exact) mass is 235 g/mol. The van der Waals surface area contributed by atoms with Gasteiger partial charge in [0.15, 0.2) is 5.13 Å². The molecule has 0 unspecified atom stereocenters. The summed E-state index contributed by atoms with van der Waals surface area (Å²) in [7, 11) is 0. The summed E-state index contributed by atoms with van der Waals surface area (Å²) in [5.41, 5.74) is 7.89. The maximum atomic E-state index is 5.69. The Morgan fingerprint density at radius 1 is 1.31 bits per heavy atom. The van der Waals surface area contributed by atoms with Gasteiger partial charge in [-0.3, -0.25) is 0 Å². The summed E-state index contributed by atoms with van der Waals surface area (Å²) in [5.74, 6) is 0. The number of hydrogen-bond donors (Lipinski definition) is 1. The molecule has 1 aromatic carbocycles. The van der Waals surface area contributed by atoms with Gasteiger partial charge in [0.1, 0.15) is 0 Å². The van der Waals surface area contributed by atoms with E-state index in [0.717, 1.165) is 36.5 Å². The van der Waals surface area contributed by atoms with Crippen molar-refractivity contribution in [3.8, 4) is 0 Å². The fourth-order valence-corrected chi connectivity index (χ4v) is 2.67. The van der Waals surface area contributed by atoms with Crippen molar-refractivity contribution in [3.05, 3.63) is 18.2 Å². The lowest BCUT2D eigenvalue weighted by Crippen LogP contribution is -2.36. The summed E-state index contributed by atoms with van der Waals surface area (Å²) in [5, 5.41) is 0.633. The van der Waals surface area contributed by atoms with Crippen LogP contribution in [-0.2, 0) is 4.74 Å². The Balaban J connectivity index is 1.97. The summed E-state index contributed by atoms with van der Waals surface area (Å²) in [6.45, 7) is 3.50. The fourth-order valence-electron chi connectivity index (χ4n) is 1.95. The number of morpholine rings is 1. The van der Waals surface area contributed by atoms with Crippen LogP contribution in [0.3, 0.4) is 0 Å². The van der Waals surface area contributed by atoms with Gasteiger partial charge in [0.2, 0.25) is 0 Å². The second-order valence-electron chi connectivity index (χ2n) is 3.80. The predicted octanol–water partition coefficient (Wildman–Crippen LogP) is 1.72. The highest BCUT2D eigenvalue weighted by Crippen LogP contribution is 2.27. The molecule has 1 fully saturated rings. The number of nitrogens with two attached hydrogens (primary N) is 1. The largest absolute Gasteiger partial charge is 0.378 e. The van der Waals surface area contributed by atoms with Crippen LogP contribution in [0.2, 0.25) is 0 Å². The molecule has 4 nitrogen and oxygen atoms in total. The molecule has 3 rings (SSSR count). The van der Waals surface area contributed by atoms with Crippen LogP contribution in [-0.4, -0.2) is 31.3 Å². The molecule has 0 spiro atoms. The number of ether oxygens (including phenoxy) is 1. The van der Waals surface area contributed by atoms with E-state index in [2.05, 4.69) is 28.1 Å². The highest BCUT2D eigenvalue weighted by molar-refractivity contribution is 7.22. The molecule has 2 N–H and O–H groups in total. The molecular weight excluding hydrogens is 222 g/mol. The van der Waals surface area contributed by atoms with Crippen molar-refractivity contribution in [2.75, 3.05) is 36.9 Å². The average Bonchev–Trinajstić information content (AvgIpc) is 2.69. The standard InChI is InChI=1S/C11H13N3OS/c12-11-13-9-7-8(1-2-10(9)16-11)14-3-5-15-6-4-14/h1-2,7H,3-6H2,(H2,12,13). The molecular formula is C11H13N3OS. The van der Waals surface area contributed by atoms with Crippen LogP contribution in [0.5, 0.6) is 0 Å². The number of nitrogens with zero attached hydrogens (tertiary/aromatic N) is 2. The minimum Gasteiger partial charge on any atom is -0.378 e. The number of nitrogen functional groups attached to an aromatic ring is 1. The average molecular weight is 235 g/mol. The maximum Gasteiger partial charge on any atom is 0.181 e. The first-order chi connectivity index (χ1) is 7.83. The molecule has 0 bridgehead atoms. The van der Waals surface area contributed by atoms with Gasteiger partial charge in [0.05, 0.1) is 23.4 Å². The molecule has 1 aromatic heterocycles. The SMILES string of the molecule is Nc1nc2cc(N3CCOCC3)ccc2s1. The summed E-state index contributed by atoms with van der Waals surface area (Å²) >= 11 is 1.53. The topological polar surface area (TPSA) is 51.4 Å². The Bertz CT molecular complexity index is 505. The summed E-state index contributed by atoms with van der Waals surface area (Å²) in [6.07, 6.45) is 0. The third-order valence-corrected chi connectivity index (χ3v) is 3.63. The molecule has 0 aliphatic carbocycles. The lowest BCUT2D eigenvalue weighted by molar-refractivity contribution is 0.122. The number of thiazole rings is 1. The Labute approximate surface area is 97.6 Å². The number of rotatable bonds is 1. The summed E-state index contributed by atoms with van der Waals surface area (Å²) < 4.78 is 6.49. The molecule has 5 heteroatoms. The van der Waals surface area contributed by atoms with Crippen molar-refractivity contribution in [2.45, 2.75) is 0 Å². The quantitative estimate of drug-likeness (QED) is 0.817. The van der Waals surface area contributed by atoms with Gasteiger partial charge in [-0.25, -0.2) is 4.98 Å². The Morgan fingerprint density at radius 2 is 2.12 bits per heavy atom. The third kappa shape index (κ3) is 1.72. The second kappa shape index (κ2) is 3.92. The molecule has 0 atom stereocenters. The molecule has 0 amide bonds. The smallest absolute Gasteiger partial charge is 0.181 e. The fraction of sp³-hybridized carbons (Fsp3) is 0.364. The maximum absolute atomic E-state index is 5.69. The van der Waals surface area contributed by atoms with Crippen LogP contribution in [0.15, 0.2) is 18.2 Å². The predicted molar refractivity (Wildman–Crippen MR) is 67.1 cm³/mol. The van der Waals surface area contributed by atoms with Crippen molar-refractivity contribution >= 4 is 32.4 Å². The lowest BCUT2D eigenvalue weighted by atomic mass is 10.2. The Morgan fingerprint density at radius 3 is 2.94 bits per heavy atom. The number of benzene rings is 1. The minimum atomic E-state index is 0.633. The van der Waals surface area contributed by atoms with Gasteiger partial charge in [-0.15, -0.1) is 0 Å². The highest BCUT2D eigenvalue weighted by atomic mass is 32.1. The van der Waals surface area contributed by atoms with Crippen molar-refractivity contribution < 1.29 is 4.74 Å². The van der Waals surface area contributed by atoms with Crippen molar-refractivity contribution in [2.24, 2.45) is 0 Å². The van der Waals surface area contributed by atoms with Crippen LogP contribution >= 0.6 is 11.3 Å². The first-order valence-corrected chi connectivity index (χ1v) is 6.13. The second-order valence-corrected chi connectivity index (χ2v) is 4.87. The molecule has 84 valence electrons. The zero-order chi connectivity index (χ0) is 11.0. The van der Waals surface area contributed by atoms with Crippen LogP contribution in [0.4, 0.5) is 10.8 Å². The Hall–Kier alpha value is -1.33. The number of hydrogen-bond acceptors (Lipinski definition) is 5. The van der Waals surface area contributed by atoms with E-state index in [1.165, 1.54) is 17.0 Å². The van der Waals surface area contributed by atoms with Crippen LogP contribution in [0.1, 0.15) is 0 Å². The molecule has 1 aliphatic rings. The van der Waals surface area contributed by atoms with Crippen molar-refractivity contribution in [3.63, 3.8) is 0 Å². The highest BCUT2D eigenvalue weighted by Gasteiger charge is 2.12. The van der Waals surface area contributed by atoms with E-state index >= 15 is 0 Å². The molecule has 1 aliphatic heterocycles. The van der Waals surface area contributed by atoms with Crippen LogP contribution < -0.4 is 10.6 Å². The summed E-state index contributed by atoms with van der Waals surface area (Å²) in [4.78, 5) is 6.62. The number of fused-ring (bicyclic) bond motifs is 1. The molecule has 2 heterocycles. The molecule has 0 saturated carbocycles. The van der Waals surface area contributed by atoms with Gasteiger partial charge in [-0.1, -0.05) is 11.3 Å². The first-order valence-electron chi connectivity index (χ1n) is 5.32. The molecule has 16 heavy (non-hydrogen) atoms. The van der Waals surface area contributed by atoms with E-state index in [1.54, 1.807) is 0 Å². The van der Waals surface area contributed by atoms with Gasteiger partial charge in [-0.2, -0.15) is 0 Å². The zero-order valence-corrected chi connectivity index (χ0v) is 9.67. The van der Waals surface area contributed by atoms with E-state index in [-0.39, 0.29) is 0 Å². The van der Waals surface area contributed by atoms with E-state index in [9.17, 15) is 0 Å².